The summed E-state index contributed by atoms with van der Waals surface area (Å²) in [5.74, 6) is -2.32. The number of aromatic nitrogens is 4. The van der Waals surface area contributed by atoms with E-state index in [1.165, 1.54) is 43.8 Å². The summed E-state index contributed by atoms with van der Waals surface area (Å²) in [6.07, 6.45) is 2.03. The van der Waals surface area contributed by atoms with Gasteiger partial charge in [-0.25, -0.2) is 22.5 Å². The van der Waals surface area contributed by atoms with Crippen molar-refractivity contribution in [2.75, 3.05) is 10.6 Å². The number of nitrogens with one attached hydrogen (secondary N) is 2. The zero-order chi connectivity index (χ0) is 38.5. The summed E-state index contributed by atoms with van der Waals surface area (Å²) < 4.78 is 43.3. The molecule has 7 rings (SSSR count). The van der Waals surface area contributed by atoms with Crippen LogP contribution in [0, 0.1) is 23.4 Å². The van der Waals surface area contributed by atoms with Gasteiger partial charge in [-0.3, -0.25) is 19.2 Å². The molecule has 10 nitrogen and oxygen atoms in total. The first-order valence-corrected chi connectivity index (χ1v) is 17.0. The standard InChI is InChI=1S/C22H19F2N3O2.C19H16FN3O2/c1-13(28)19-20(15-5-3-2-4-6-15)26-27(12-14-7-8-14)22(29)21(19)25-18-10-16(23)9-17(24)11-18;1-12(24)16-17(13-7-4-3-5-8-13)22-23(2)19(25)18(16)21-15-10-6-9-14(20)11-15/h2-6,9-11,14,25H,7-8,12H2,1H3;3-11,21H,1-2H3. The van der Waals surface area contributed by atoms with Crippen LogP contribution in [0.15, 0.2) is 113 Å². The van der Waals surface area contributed by atoms with Crippen molar-refractivity contribution in [2.45, 2.75) is 33.2 Å². The van der Waals surface area contributed by atoms with Crippen LogP contribution in [-0.2, 0) is 13.6 Å². The molecule has 6 aromatic rings. The zero-order valence-electron chi connectivity index (χ0n) is 29.6. The third kappa shape index (κ3) is 8.52. The molecule has 2 aromatic heterocycles. The molecular weight excluding hydrogens is 697 g/mol. The van der Waals surface area contributed by atoms with Crippen LogP contribution in [0.3, 0.4) is 0 Å². The summed E-state index contributed by atoms with van der Waals surface area (Å²) in [5.41, 5.74) is 1.94. The Hall–Kier alpha value is -6.63. The number of nitrogens with zero attached hydrogens (tertiary/aromatic N) is 4. The largest absolute Gasteiger partial charge is 0.350 e. The highest BCUT2D eigenvalue weighted by molar-refractivity contribution is 6.06. The highest BCUT2D eigenvalue weighted by Crippen LogP contribution is 2.32. The van der Waals surface area contributed by atoms with Crippen LogP contribution < -0.4 is 21.8 Å². The van der Waals surface area contributed by atoms with Gasteiger partial charge in [0.25, 0.3) is 11.1 Å². The fourth-order valence-electron chi connectivity index (χ4n) is 5.87. The first-order chi connectivity index (χ1) is 25.9. The van der Waals surface area contributed by atoms with Gasteiger partial charge in [0.05, 0.1) is 11.1 Å². The molecular formula is C41H35F3N6O4. The van der Waals surface area contributed by atoms with E-state index in [-0.39, 0.29) is 39.8 Å². The van der Waals surface area contributed by atoms with Gasteiger partial charge in [-0.2, -0.15) is 10.2 Å². The second-order valence-corrected chi connectivity index (χ2v) is 12.8. The average Bonchev–Trinajstić information content (AvgIpc) is 3.96. The molecule has 1 fully saturated rings. The van der Waals surface area contributed by atoms with Gasteiger partial charge in [0.15, 0.2) is 11.6 Å². The molecule has 1 aliphatic carbocycles. The number of rotatable bonds is 10. The van der Waals surface area contributed by atoms with Crippen molar-refractivity contribution in [3.05, 3.63) is 152 Å². The van der Waals surface area contributed by atoms with Crippen molar-refractivity contribution in [3.63, 3.8) is 0 Å². The third-order valence-electron chi connectivity index (χ3n) is 8.55. The number of aryl methyl sites for hydroxylation is 1. The number of carbonyl (C=O) groups excluding carboxylic acids is 2. The molecule has 54 heavy (non-hydrogen) atoms. The van der Waals surface area contributed by atoms with Crippen LogP contribution in [0.1, 0.15) is 47.4 Å². The predicted molar refractivity (Wildman–Crippen MR) is 201 cm³/mol. The Kier molecular flexibility index (Phi) is 11.0. The van der Waals surface area contributed by atoms with E-state index in [1.807, 2.05) is 48.5 Å². The Balaban J connectivity index is 0.000000186. The molecule has 1 aliphatic rings. The Morgan fingerprint density at radius 1 is 0.648 bits per heavy atom. The van der Waals surface area contributed by atoms with Crippen molar-refractivity contribution >= 4 is 34.3 Å². The summed E-state index contributed by atoms with van der Waals surface area (Å²) in [6.45, 7) is 3.15. The van der Waals surface area contributed by atoms with E-state index in [0.29, 0.717) is 40.7 Å². The topological polar surface area (TPSA) is 128 Å². The van der Waals surface area contributed by atoms with Crippen LogP contribution in [-0.4, -0.2) is 31.1 Å². The van der Waals surface area contributed by atoms with Gasteiger partial charge < -0.3 is 10.6 Å². The number of hydrogen-bond acceptors (Lipinski definition) is 8. The van der Waals surface area contributed by atoms with Crippen molar-refractivity contribution < 1.29 is 22.8 Å². The van der Waals surface area contributed by atoms with E-state index in [0.717, 1.165) is 35.7 Å². The second-order valence-electron chi connectivity index (χ2n) is 12.8. The van der Waals surface area contributed by atoms with E-state index in [2.05, 4.69) is 20.8 Å². The quantitative estimate of drug-likeness (QED) is 0.135. The molecule has 0 spiro atoms. The molecule has 0 amide bonds. The molecule has 0 radical (unpaired) electrons. The SMILES string of the molecule is CC(=O)c1c(-c2ccccc2)nn(C)c(=O)c1Nc1cccc(F)c1.CC(=O)c1c(-c2ccccc2)nn(CC2CC2)c(=O)c1Nc1cc(F)cc(F)c1. The van der Waals surface area contributed by atoms with E-state index >= 15 is 0 Å². The van der Waals surface area contributed by atoms with Gasteiger partial charge in [-0.15, -0.1) is 0 Å². The Bertz CT molecular complexity index is 2460. The van der Waals surface area contributed by atoms with Gasteiger partial charge in [0.1, 0.15) is 40.2 Å². The molecule has 0 saturated heterocycles. The number of Topliss-reactive ketones (excluding diaryl/α,β-unsaturated/α-hetero) is 2. The molecule has 274 valence electrons. The average molecular weight is 733 g/mol. The number of anilines is 4. The van der Waals surface area contributed by atoms with Crippen LogP contribution >= 0.6 is 0 Å². The smallest absolute Gasteiger partial charge is 0.291 e. The van der Waals surface area contributed by atoms with E-state index < -0.39 is 28.6 Å². The molecule has 2 N–H and O–H groups in total. The number of ketones is 2. The third-order valence-corrected chi connectivity index (χ3v) is 8.55. The summed E-state index contributed by atoms with van der Waals surface area (Å²) in [4.78, 5) is 50.5. The molecule has 0 atom stereocenters. The molecule has 4 aromatic carbocycles. The lowest BCUT2D eigenvalue weighted by atomic mass is 10.0. The van der Waals surface area contributed by atoms with Crippen molar-refractivity contribution in [1.82, 2.24) is 19.6 Å². The number of carbonyl (C=O) groups is 2. The highest BCUT2D eigenvalue weighted by Gasteiger charge is 2.27. The second kappa shape index (κ2) is 15.9. The van der Waals surface area contributed by atoms with Gasteiger partial charge in [0.2, 0.25) is 0 Å². The fraction of sp³-hybridized carbons (Fsp3) is 0.171. The normalized spacial score (nSPS) is 12.0. The monoisotopic (exact) mass is 732 g/mol. The van der Waals surface area contributed by atoms with Gasteiger partial charge in [-0.05, 0) is 62.9 Å². The van der Waals surface area contributed by atoms with Crippen LogP contribution in [0.25, 0.3) is 22.5 Å². The van der Waals surface area contributed by atoms with Crippen LogP contribution in [0.2, 0.25) is 0 Å². The maximum Gasteiger partial charge on any atom is 0.291 e. The molecule has 0 unspecified atom stereocenters. The lowest BCUT2D eigenvalue weighted by Gasteiger charge is -2.17. The minimum absolute atomic E-state index is 0.0306. The lowest BCUT2D eigenvalue weighted by molar-refractivity contribution is 0.101. The first-order valence-electron chi connectivity index (χ1n) is 17.0. The molecule has 13 heteroatoms. The van der Waals surface area contributed by atoms with Gasteiger partial charge >= 0.3 is 0 Å². The number of halogens is 3. The van der Waals surface area contributed by atoms with Crippen molar-refractivity contribution in [2.24, 2.45) is 13.0 Å². The fourth-order valence-corrected chi connectivity index (χ4v) is 5.87. The Labute approximate surface area is 307 Å². The highest BCUT2D eigenvalue weighted by atomic mass is 19.1. The van der Waals surface area contributed by atoms with Gasteiger partial charge in [0, 0.05) is 42.2 Å². The summed E-state index contributed by atoms with van der Waals surface area (Å²) in [7, 11) is 1.51. The zero-order valence-corrected chi connectivity index (χ0v) is 29.6. The summed E-state index contributed by atoms with van der Waals surface area (Å²) in [5, 5.41) is 14.4. The Morgan fingerprint density at radius 3 is 1.67 bits per heavy atom. The van der Waals surface area contributed by atoms with Gasteiger partial charge in [-0.1, -0.05) is 66.7 Å². The van der Waals surface area contributed by atoms with E-state index in [1.54, 1.807) is 18.2 Å². The number of hydrogen-bond donors (Lipinski definition) is 2. The molecule has 2 heterocycles. The minimum atomic E-state index is -0.785. The lowest BCUT2D eigenvalue weighted by Crippen LogP contribution is -2.29. The Morgan fingerprint density at radius 2 is 1.15 bits per heavy atom. The van der Waals surface area contributed by atoms with E-state index in [9.17, 15) is 32.3 Å². The number of benzene rings is 4. The maximum absolute atomic E-state index is 13.7. The summed E-state index contributed by atoms with van der Waals surface area (Å²) >= 11 is 0. The van der Waals surface area contributed by atoms with E-state index in [4.69, 9.17) is 0 Å². The first kappa shape index (κ1) is 37.1. The minimum Gasteiger partial charge on any atom is -0.350 e. The van der Waals surface area contributed by atoms with Crippen molar-refractivity contribution in [3.8, 4) is 22.5 Å². The summed E-state index contributed by atoms with van der Waals surface area (Å²) in [6, 6.07) is 26.8. The predicted octanol–water partition coefficient (Wildman–Crippen LogP) is 8.08. The molecule has 0 bridgehead atoms. The maximum atomic E-state index is 13.7. The molecule has 0 aliphatic heterocycles. The van der Waals surface area contributed by atoms with Crippen molar-refractivity contribution in [1.29, 1.82) is 0 Å². The van der Waals surface area contributed by atoms with Crippen LogP contribution in [0.5, 0.6) is 0 Å². The van der Waals surface area contributed by atoms with Crippen LogP contribution in [0.4, 0.5) is 35.9 Å². The molecule has 1 saturated carbocycles.